The average Bonchev–Trinajstić information content (AvgIpc) is 3.18. The smallest absolute Gasteiger partial charge is 0.223 e. The molecule has 1 aromatic carbocycles. The van der Waals surface area contributed by atoms with Crippen LogP contribution in [0.3, 0.4) is 0 Å². The van der Waals surface area contributed by atoms with Gasteiger partial charge >= 0.3 is 0 Å². The van der Waals surface area contributed by atoms with E-state index in [-0.39, 0.29) is 11.8 Å². The van der Waals surface area contributed by atoms with Crippen molar-refractivity contribution in [2.75, 3.05) is 6.54 Å². The van der Waals surface area contributed by atoms with E-state index in [9.17, 15) is 4.79 Å². The van der Waals surface area contributed by atoms with Crippen LogP contribution in [0.1, 0.15) is 30.7 Å². The lowest BCUT2D eigenvalue weighted by atomic mass is 10.1. The number of hydrogen-bond acceptors (Lipinski definition) is 1. The van der Waals surface area contributed by atoms with Crippen LogP contribution in [-0.2, 0) is 4.79 Å². The molecule has 1 N–H and O–H groups in total. The Labute approximate surface area is 106 Å². The van der Waals surface area contributed by atoms with E-state index >= 15 is 0 Å². The first-order chi connectivity index (χ1) is 8.24. The summed E-state index contributed by atoms with van der Waals surface area (Å²) in [7, 11) is 0. The van der Waals surface area contributed by atoms with Gasteiger partial charge in [0.15, 0.2) is 0 Å². The molecule has 2 nitrogen and oxygen atoms in total. The van der Waals surface area contributed by atoms with Gasteiger partial charge in [0, 0.05) is 17.5 Å². The zero-order chi connectivity index (χ0) is 11.8. The molecule has 17 heavy (non-hydrogen) atoms. The van der Waals surface area contributed by atoms with Crippen molar-refractivity contribution in [1.29, 1.82) is 0 Å². The molecule has 1 aromatic rings. The molecule has 2 saturated carbocycles. The van der Waals surface area contributed by atoms with Crippen LogP contribution in [0.25, 0.3) is 0 Å². The Hall–Kier alpha value is -1.02. The van der Waals surface area contributed by atoms with Crippen molar-refractivity contribution < 1.29 is 4.79 Å². The number of rotatable bonds is 4. The first-order valence-corrected chi connectivity index (χ1v) is 6.65. The number of amides is 1. The number of carbonyl (C=O) groups excluding carboxylic acids is 1. The largest absolute Gasteiger partial charge is 0.356 e. The summed E-state index contributed by atoms with van der Waals surface area (Å²) >= 11 is 5.95. The van der Waals surface area contributed by atoms with Gasteiger partial charge in [-0.1, -0.05) is 23.7 Å². The lowest BCUT2D eigenvalue weighted by Gasteiger charge is -2.04. The fourth-order valence-corrected chi connectivity index (χ4v) is 2.49. The zero-order valence-corrected chi connectivity index (χ0v) is 10.4. The molecule has 2 aliphatic rings. The van der Waals surface area contributed by atoms with E-state index < -0.39 is 0 Å². The minimum Gasteiger partial charge on any atom is -0.356 e. The van der Waals surface area contributed by atoms with E-state index in [0.29, 0.717) is 5.92 Å². The second-order valence-corrected chi connectivity index (χ2v) is 5.63. The van der Waals surface area contributed by atoms with Gasteiger partial charge in [0.2, 0.25) is 5.91 Å². The molecule has 0 aromatic heterocycles. The molecule has 0 heterocycles. The maximum absolute atomic E-state index is 11.9. The lowest BCUT2D eigenvalue weighted by molar-refractivity contribution is -0.122. The van der Waals surface area contributed by atoms with Crippen LogP contribution >= 0.6 is 11.6 Å². The second kappa shape index (κ2) is 4.34. The normalized spacial score (nSPS) is 26.6. The van der Waals surface area contributed by atoms with Crippen LogP contribution in [0, 0.1) is 11.8 Å². The molecular formula is C14H16ClNO. The molecule has 0 saturated heterocycles. The fourth-order valence-electron chi connectivity index (χ4n) is 2.29. The highest BCUT2D eigenvalue weighted by molar-refractivity contribution is 6.30. The second-order valence-electron chi connectivity index (χ2n) is 5.19. The van der Waals surface area contributed by atoms with Gasteiger partial charge in [0.25, 0.3) is 0 Å². The van der Waals surface area contributed by atoms with Crippen LogP contribution in [0.15, 0.2) is 24.3 Å². The number of halogens is 1. The Bertz CT molecular complexity index is 442. The first kappa shape index (κ1) is 11.1. The number of benzene rings is 1. The van der Waals surface area contributed by atoms with Crippen LogP contribution in [-0.4, -0.2) is 12.5 Å². The van der Waals surface area contributed by atoms with E-state index in [1.54, 1.807) is 0 Å². The SMILES string of the molecule is O=C(NCC1CC1)C1CC1c1cccc(Cl)c1. The van der Waals surface area contributed by atoms with Gasteiger partial charge in [0.05, 0.1) is 0 Å². The third-order valence-corrected chi connectivity index (χ3v) is 3.90. The van der Waals surface area contributed by atoms with E-state index in [2.05, 4.69) is 11.4 Å². The monoisotopic (exact) mass is 249 g/mol. The third-order valence-electron chi connectivity index (χ3n) is 3.67. The average molecular weight is 250 g/mol. The molecule has 0 aliphatic heterocycles. The van der Waals surface area contributed by atoms with Crippen molar-refractivity contribution in [3.05, 3.63) is 34.9 Å². The maximum Gasteiger partial charge on any atom is 0.223 e. The van der Waals surface area contributed by atoms with Crippen LogP contribution in [0.5, 0.6) is 0 Å². The van der Waals surface area contributed by atoms with Crippen molar-refractivity contribution in [2.24, 2.45) is 11.8 Å². The van der Waals surface area contributed by atoms with E-state index in [4.69, 9.17) is 11.6 Å². The molecule has 90 valence electrons. The molecule has 1 amide bonds. The molecule has 3 rings (SSSR count). The Morgan fingerprint density at radius 3 is 2.94 bits per heavy atom. The molecule has 3 heteroatoms. The topological polar surface area (TPSA) is 29.1 Å². The summed E-state index contributed by atoms with van der Waals surface area (Å²) in [6.45, 7) is 0.873. The fraction of sp³-hybridized carbons (Fsp3) is 0.500. The van der Waals surface area contributed by atoms with E-state index in [1.807, 2.05) is 18.2 Å². The molecule has 0 bridgehead atoms. The highest BCUT2D eigenvalue weighted by Crippen LogP contribution is 2.48. The highest BCUT2D eigenvalue weighted by atomic mass is 35.5. The van der Waals surface area contributed by atoms with Gasteiger partial charge in [0.1, 0.15) is 0 Å². The van der Waals surface area contributed by atoms with E-state index in [1.165, 1.54) is 18.4 Å². The predicted molar refractivity (Wildman–Crippen MR) is 68.0 cm³/mol. The number of carbonyl (C=O) groups is 1. The first-order valence-electron chi connectivity index (χ1n) is 6.27. The summed E-state index contributed by atoms with van der Waals surface area (Å²) < 4.78 is 0. The molecule has 2 unspecified atom stereocenters. The van der Waals surface area contributed by atoms with Crippen LogP contribution < -0.4 is 5.32 Å². The van der Waals surface area contributed by atoms with Crippen molar-refractivity contribution in [2.45, 2.75) is 25.2 Å². The maximum atomic E-state index is 11.9. The van der Waals surface area contributed by atoms with Crippen molar-refractivity contribution in [3.63, 3.8) is 0 Å². The van der Waals surface area contributed by atoms with Crippen LogP contribution in [0.2, 0.25) is 5.02 Å². The summed E-state index contributed by atoms with van der Waals surface area (Å²) in [5.74, 6) is 1.53. The van der Waals surface area contributed by atoms with Gasteiger partial charge in [-0.15, -0.1) is 0 Å². The Morgan fingerprint density at radius 1 is 1.41 bits per heavy atom. The Balaban J connectivity index is 1.56. The molecule has 0 spiro atoms. The quantitative estimate of drug-likeness (QED) is 0.873. The van der Waals surface area contributed by atoms with Crippen molar-refractivity contribution in [1.82, 2.24) is 5.32 Å². The van der Waals surface area contributed by atoms with Gasteiger partial charge in [-0.25, -0.2) is 0 Å². The van der Waals surface area contributed by atoms with E-state index in [0.717, 1.165) is 23.9 Å². The lowest BCUT2D eigenvalue weighted by Crippen LogP contribution is -2.27. The molecular weight excluding hydrogens is 234 g/mol. The molecule has 2 aliphatic carbocycles. The summed E-state index contributed by atoms with van der Waals surface area (Å²) in [4.78, 5) is 11.9. The minimum absolute atomic E-state index is 0.173. The van der Waals surface area contributed by atoms with Crippen LogP contribution in [0.4, 0.5) is 0 Å². The van der Waals surface area contributed by atoms with Gasteiger partial charge in [-0.05, 0) is 48.8 Å². The summed E-state index contributed by atoms with van der Waals surface area (Å²) in [6, 6.07) is 7.86. The minimum atomic E-state index is 0.173. The third kappa shape index (κ3) is 2.63. The summed E-state index contributed by atoms with van der Waals surface area (Å²) in [5, 5.41) is 3.81. The molecule has 0 radical (unpaired) electrons. The predicted octanol–water partition coefficient (Wildman–Crippen LogP) is 2.97. The number of nitrogens with one attached hydrogen (secondary N) is 1. The Kier molecular flexibility index (Phi) is 2.83. The molecule has 2 atom stereocenters. The standard InChI is InChI=1S/C14H16ClNO/c15-11-3-1-2-10(6-11)12-7-13(12)14(17)16-8-9-4-5-9/h1-3,6,9,12-13H,4-5,7-8H2,(H,16,17). The van der Waals surface area contributed by atoms with Gasteiger partial charge in [-0.3, -0.25) is 4.79 Å². The number of hydrogen-bond donors (Lipinski definition) is 1. The van der Waals surface area contributed by atoms with Gasteiger partial charge in [-0.2, -0.15) is 0 Å². The summed E-state index contributed by atoms with van der Waals surface area (Å²) in [5.41, 5.74) is 1.20. The summed E-state index contributed by atoms with van der Waals surface area (Å²) in [6.07, 6.45) is 3.53. The highest BCUT2D eigenvalue weighted by Gasteiger charge is 2.44. The van der Waals surface area contributed by atoms with Crippen molar-refractivity contribution >= 4 is 17.5 Å². The van der Waals surface area contributed by atoms with Crippen molar-refractivity contribution in [3.8, 4) is 0 Å². The molecule has 2 fully saturated rings. The zero-order valence-electron chi connectivity index (χ0n) is 9.66. The van der Waals surface area contributed by atoms with Gasteiger partial charge < -0.3 is 5.32 Å². The Morgan fingerprint density at radius 2 is 2.24 bits per heavy atom.